The van der Waals surface area contributed by atoms with Crippen molar-refractivity contribution in [2.24, 2.45) is 0 Å². The van der Waals surface area contributed by atoms with Crippen LogP contribution in [0.1, 0.15) is 22.6 Å². The summed E-state index contributed by atoms with van der Waals surface area (Å²) in [5.41, 5.74) is 3.96. The highest BCUT2D eigenvalue weighted by atomic mass is 127. The Morgan fingerprint density at radius 1 is 1.20 bits per heavy atom. The molecule has 1 heterocycles. The summed E-state index contributed by atoms with van der Waals surface area (Å²) in [6.07, 6.45) is 1.05. The summed E-state index contributed by atoms with van der Waals surface area (Å²) in [5, 5.41) is 10.1. The number of nitrogens with zero attached hydrogens (tertiary/aromatic N) is 1. The van der Waals surface area contributed by atoms with Gasteiger partial charge < -0.3 is 10.0 Å². The van der Waals surface area contributed by atoms with Crippen LogP contribution in [0.4, 0.5) is 0 Å². The van der Waals surface area contributed by atoms with E-state index in [1.54, 1.807) is 0 Å². The van der Waals surface area contributed by atoms with Crippen molar-refractivity contribution in [3.8, 4) is 5.75 Å². The number of phenols is 1. The van der Waals surface area contributed by atoms with E-state index in [9.17, 15) is 5.11 Å². The largest absolute Gasteiger partial charge is 0.507 e. The SMILES string of the molecule is CN1CCc2cc(I)c(O)cc2[C@@H](c2ccccc2)C1. The molecular formula is C17H18INO. The van der Waals surface area contributed by atoms with Gasteiger partial charge in [0.2, 0.25) is 0 Å². The van der Waals surface area contributed by atoms with Crippen LogP contribution in [-0.4, -0.2) is 30.1 Å². The molecule has 0 aliphatic carbocycles. The molecule has 3 rings (SSSR count). The van der Waals surface area contributed by atoms with E-state index in [-0.39, 0.29) is 0 Å². The topological polar surface area (TPSA) is 23.5 Å². The van der Waals surface area contributed by atoms with Crippen molar-refractivity contribution < 1.29 is 5.11 Å². The predicted octanol–water partition coefficient (Wildman–Crippen LogP) is 3.62. The maximum Gasteiger partial charge on any atom is 0.129 e. The van der Waals surface area contributed by atoms with Gasteiger partial charge in [0, 0.05) is 19.0 Å². The maximum absolute atomic E-state index is 10.1. The summed E-state index contributed by atoms with van der Waals surface area (Å²) >= 11 is 2.21. The van der Waals surface area contributed by atoms with Crippen molar-refractivity contribution >= 4 is 22.6 Å². The smallest absolute Gasteiger partial charge is 0.129 e. The molecule has 20 heavy (non-hydrogen) atoms. The summed E-state index contributed by atoms with van der Waals surface area (Å²) in [7, 11) is 2.17. The third-order valence-corrected chi connectivity index (χ3v) is 4.91. The second-order valence-corrected chi connectivity index (χ2v) is 6.64. The molecule has 1 N–H and O–H groups in total. The zero-order valence-corrected chi connectivity index (χ0v) is 13.7. The molecule has 3 heteroatoms. The first-order valence-corrected chi connectivity index (χ1v) is 7.98. The minimum Gasteiger partial charge on any atom is -0.507 e. The molecule has 1 aliphatic heterocycles. The molecule has 2 aromatic rings. The van der Waals surface area contributed by atoms with E-state index in [0.29, 0.717) is 11.7 Å². The Labute approximate surface area is 133 Å². The molecule has 0 saturated carbocycles. The molecule has 2 aromatic carbocycles. The Morgan fingerprint density at radius 2 is 1.95 bits per heavy atom. The summed E-state index contributed by atoms with van der Waals surface area (Å²) in [5.74, 6) is 0.733. The van der Waals surface area contributed by atoms with E-state index in [4.69, 9.17) is 0 Å². The summed E-state index contributed by atoms with van der Waals surface area (Å²) in [4.78, 5) is 2.38. The van der Waals surface area contributed by atoms with Crippen LogP contribution in [0, 0.1) is 3.57 Å². The fourth-order valence-corrected chi connectivity index (χ4v) is 3.47. The van der Waals surface area contributed by atoms with E-state index < -0.39 is 0 Å². The van der Waals surface area contributed by atoms with Crippen LogP contribution in [0.25, 0.3) is 0 Å². The summed E-state index contributed by atoms with van der Waals surface area (Å²) in [6, 6.07) is 14.7. The van der Waals surface area contributed by atoms with Gasteiger partial charge >= 0.3 is 0 Å². The Balaban J connectivity index is 2.12. The van der Waals surface area contributed by atoms with Gasteiger partial charge in [0.1, 0.15) is 5.75 Å². The van der Waals surface area contributed by atoms with E-state index in [1.165, 1.54) is 16.7 Å². The third kappa shape index (κ3) is 2.69. The lowest BCUT2D eigenvalue weighted by molar-refractivity contribution is 0.338. The van der Waals surface area contributed by atoms with Crippen LogP contribution in [0.2, 0.25) is 0 Å². The quantitative estimate of drug-likeness (QED) is 0.766. The highest BCUT2D eigenvalue weighted by Gasteiger charge is 2.24. The fourth-order valence-electron chi connectivity index (χ4n) is 2.94. The van der Waals surface area contributed by atoms with E-state index >= 15 is 0 Å². The van der Waals surface area contributed by atoms with E-state index in [0.717, 1.165) is 23.1 Å². The fraction of sp³-hybridized carbons (Fsp3) is 0.294. The first-order valence-electron chi connectivity index (χ1n) is 6.90. The van der Waals surface area contributed by atoms with Gasteiger partial charge in [-0.3, -0.25) is 0 Å². The number of fused-ring (bicyclic) bond motifs is 1. The van der Waals surface area contributed by atoms with Gasteiger partial charge in [-0.1, -0.05) is 30.3 Å². The first-order chi connectivity index (χ1) is 9.65. The molecule has 1 atom stereocenters. The number of hydrogen-bond acceptors (Lipinski definition) is 2. The lowest BCUT2D eigenvalue weighted by atomic mass is 9.88. The lowest BCUT2D eigenvalue weighted by Crippen LogP contribution is -2.24. The number of rotatable bonds is 1. The number of halogens is 1. The number of phenolic OH excluding ortho intramolecular Hbond substituents is 1. The monoisotopic (exact) mass is 379 g/mol. The van der Waals surface area contributed by atoms with Gasteiger partial charge in [-0.25, -0.2) is 0 Å². The standard InChI is InChI=1S/C17H18INO/c1-19-8-7-13-9-16(18)17(20)10-14(13)15(11-19)12-5-3-2-4-6-12/h2-6,9-10,15,20H,7-8,11H2,1H3/t15-/m1/s1. The van der Waals surface area contributed by atoms with Crippen LogP contribution in [0.3, 0.4) is 0 Å². The average molecular weight is 379 g/mol. The molecule has 0 unspecified atom stereocenters. The Kier molecular flexibility index (Phi) is 3.98. The van der Waals surface area contributed by atoms with Gasteiger partial charge in [-0.2, -0.15) is 0 Å². The molecule has 1 aliphatic rings. The zero-order chi connectivity index (χ0) is 14.1. The second-order valence-electron chi connectivity index (χ2n) is 5.48. The van der Waals surface area contributed by atoms with Crippen LogP contribution >= 0.6 is 22.6 Å². The van der Waals surface area contributed by atoms with E-state index in [1.807, 2.05) is 6.07 Å². The van der Waals surface area contributed by atoms with Gasteiger partial charge in [-0.15, -0.1) is 0 Å². The van der Waals surface area contributed by atoms with Crippen molar-refractivity contribution in [1.29, 1.82) is 0 Å². The molecule has 0 spiro atoms. The highest BCUT2D eigenvalue weighted by Crippen LogP contribution is 2.35. The van der Waals surface area contributed by atoms with Gasteiger partial charge in [0.25, 0.3) is 0 Å². The maximum atomic E-state index is 10.1. The van der Waals surface area contributed by atoms with Crippen LogP contribution in [-0.2, 0) is 6.42 Å². The third-order valence-electron chi connectivity index (χ3n) is 4.04. The molecule has 0 radical (unpaired) electrons. The zero-order valence-electron chi connectivity index (χ0n) is 11.5. The van der Waals surface area contributed by atoms with Crippen LogP contribution in [0.15, 0.2) is 42.5 Å². The minimum absolute atomic E-state index is 0.335. The van der Waals surface area contributed by atoms with Gasteiger partial charge in [0.05, 0.1) is 3.57 Å². The lowest BCUT2D eigenvalue weighted by Gasteiger charge is -2.22. The summed E-state index contributed by atoms with van der Waals surface area (Å²) < 4.78 is 0.942. The molecule has 0 saturated heterocycles. The average Bonchev–Trinajstić information content (AvgIpc) is 2.61. The van der Waals surface area contributed by atoms with Gasteiger partial charge in [0.15, 0.2) is 0 Å². The van der Waals surface area contributed by atoms with Crippen molar-refractivity contribution in [3.05, 3.63) is 62.7 Å². The molecule has 0 fully saturated rings. The van der Waals surface area contributed by atoms with Crippen molar-refractivity contribution in [2.45, 2.75) is 12.3 Å². The molecular weight excluding hydrogens is 361 g/mol. The molecule has 0 bridgehead atoms. The number of aromatic hydroxyl groups is 1. The molecule has 0 aromatic heterocycles. The highest BCUT2D eigenvalue weighted by molar-refractivity contribution is 14.1. The second kappa shape index (κ2) is 5.74. The number of benzene rings is 2. The minimum atomic E-state index is 0.335. The Hall–Kier alpha value is -1.07. The Morgan fingerprint density at radius 3 is 2.70 bits per heavy atom. The van der Waals surface area contributed by atoms with Crippen LogP contribution in [0.5, 0.6) is 5.75 Å². The normalized spacial score (nSPS) is 19.4. The van der Waals surface area contributed by atoms with Crippen molar-refractivity contribution in [1.82, 2.24) is 4.90 Å². The Bertz CT molecular complexity index is 612. The predicted molar refractivity (Wildman–Crippen MR) is 90.3 cm³/mol. The van der Waals surface area contributed by atoms with Crippen LogP contribution < -0.4 is 0 Å². The molecule has 0 amide bonds. The first kappa shape index (κ1) is 13.9. The number of hydrogen-bond donors (Lipinski definition) is 1. The summed E-state index contributed by atoms with van der Waals surface area (Å²) in [6.45, 7) is 2.06. The van der Waals surface area contributed by atoms with Gasteiger partial charge in [-0.05, 0) is 64.9 Å². The number of likely N-dealkylation sites (N-methyl/N-ethyl adjacent to an activating group) is 1. The van der Waals surface area contributed by atoms with E-state index in [2.05, 4.69) is 70.9 Å². The van der Waals surface area contributed by atoms with Crippen molar-refractivity contribution in [2.75, 3.05) is 20.1 Å². The molecule has 104 valence electrons. The van der Waals surface area contributed by atoms with Crippen molar-refractivity contribution in [3.63, 3.8) is 0 Å². The molecule has 2 nitrogen and oxygen atoms in total.